The Morgan fingerprint density at radius 3 is 2.70 bits per heavy atom. The number of aryl methyl sites for hydroxylation is 2. The van der Waals surface area contributed by atoms with Crippen LogP contribution in [-0.2, 0) is 14.8 Å². The van der Waals surface area contributed by atoms with Crippen LogP contribution >= 0.6 is 11.3 Å². The minimum Gasteiger partial charge on any atom is -0.361 e. The highest BCUT2D eigenvalue weighted by atomic mass is 32.2. The van der Waals surface area contributed by atoms with E-state index in [1.807, 2.05) is 48.8 Å². The quantitative estimate of drug-likeness (QED) is 0.330. The van der Waals surface area contributed by atoms with E-state index in [1.54, 1.807) is 30.4 Å². The van der Waals surface area contributed by atoms with E-state index in [9.17, 15) is 13.2 Å². The number of aromatic amines is 1. The van der Waals surface area contributed by atoms with Crippen LogP contribution in [-0.4, -0.2) is 32.4 Å². The summed E-state index contributed by atoms with van der Waals surface area (Å²) in [5.41, 5.74) is 3.73. The number of sulfonamides is 1. The Kier molecular flexibility index (Phi) is 6.97. The Balaban J connectivity index is 1.39. The van der Waals surface area contributed by atoms with Gasteiger partial charge in [0, 0.05) is 47.4 Å². The molecule has 0 radical (unpaired) electrons. The molecule has 4 rings (SSSR count). The number of aromatic nitrogens is 1. The summed E-state index contributed by atoms with van der Waals surface area (Å²) < 4.78 is 27.8. The molecule has 3 N–H and O–H groups in total. The smallest absolute Gasteiger partial charge is 0.240 e. The standard InChI is InChI=1S/C25H27N3O3S2/c1-17-9-10-18(2)24(14-17)33(30,31)28-12-11-25(29)27-16-21(23-8-5-13-32-23)20-15-26-22-7-4-3-6-19(20)22/h3-10,13-15,21,26,28H,11-12,16H2,1-2H3,(H,27,29). The van der Waals surface area contributed by atoms with Gasteiger partial charge < -0.3 is 10.3 Å². The van der Waals surface area contributed by atoms with Gasteiger partial charge in [0.15, 0.2) is 0 Å². The fraction of sp³-hybridized carbons (Fsp3) is 0.240. The lowest BCUT2D eigenvalue weighted by molar-refractivity contribution is -0.120. The first-order chi connectivity index (χ1) is 15.8. The second kappa shape index (κ2) is 9.91. The minimum atomic E-state index is -3.67. The monoisotopic (exact) mass is 481 g/mol. The van der Waals surface area contributed by atoms with Crippen molar-refractivity contribution in [2.75, 3.05) is 13.1 Å². The van der Waals surface area contributed by atoms with Crippen LogP contribution < -0.4 is 10.0 Å². The molecule has 33 heavy (non-hydrogen) atoms. The predicted molar refractivity (Wildman–Crippen MR) is 133 cm³/mol. The number of carbonyl (C=O) groups is 1. The summed E-state index contributed by atoms with van der Waals surface area (Å²) in [5.74, 6) is -0.184. The van der Waals surface area contributed by atoms with E-state index >= 15 is 0 Å². The summed E-state index contributed by atoms with van der Waals surface area (Å²) in [4.78, 5) is 17.3. The molecule has 0 saturated heterocycles. The van der Waals surface area contributed by atoms with E-state index in [0.29, 0.717) is 12.1 Å². The maximum Gasteiger partial charge on any atom is 0.240 e. The van der Waals surface area contributed by atoms with Gasteiger partial charge in [-0.05, 0) is 54.1 Å². The Labute approximate surface area is 198 Å². The number of benzene rings is 2. The molecule has 1 atom stereocenters. The molecule has 6 nitrogen and oxygen atoms in total. The number of H-pyrrole nitrogens is 1. The SMILES string of the molecule is Cc1ccc(C)c(S(=O)(=O)NCCC(=O)NCC(c2cccs2)c2c[nH]c3ccccc23)c1. The van der Waals surface area contributed by atoms with E-state index in [1.165, 1.54) is 0 Å². The van der Waals surface area contributed by atoms with Crippen LogP contribution in [0.4, 0.5) is 0 Å². The average Bonchev–Trinajstić information content (AvgIpc) is 3.46. The molecule has 0 spiro atoms. The molecule has 172 valence electrons. The molecule has 4 aromatic rings. The van der Waals surface area contributed by atoms with Crippen LogP contribution in [0.3, 0.4) is 0 Å². The lowest BCUT2D eigenvalue weighted by Crippen LogP contribution is -2.33. The summed E-state index contributed by atoms with van der Waals surface area (Å²) >= 11 is 1.65. The van der Waals surface area contributed by atoms with Gasteiger partial charge in [-0.3, -0.25) is 4.79 Å². The Morgan fingerprint density at radius 1 is 1.09 bits per heavy atom. The minimum absolute atomic E-state index is 0.0109. The summed E-state index contributed by atoms with van der Waals surface area (Å²) in [6.45, 7) is 4.09. The highest BCUT2D eigenvalue weighted by Gasteiger charge is 2.21. The van der Waals surface area contributed by atoms with Gasteiger partial charge in [-0.1, -0.05) is 36.4 Å². The second-order valence-electron chi connectivity index (χ2n) is 8.08. The molecule has 0 aliphatic rings. The maximum absolute atomic E-state index is 12.6. The van der Waals surface area contributed by atoms with Crippen molar-refractivity contribution in [1.29, 1.82) is 0 Å². The normalized spacial score (nSPS) is 12.7. The number of fused-ring (bicyclic) bond motifs is 1. The molecule has 8 heteroatoms. The Morgan fingerprint density at radius 2 is 1.91 bits per heavy atom. The zero-order chi connectivity index (χ0) is 23.4. The molecule has 0 fully saturated rings. The zero-order valence-electron chi connectivity index (χ0n) is 18.6. The van der Waals surface area contributed by atoms with Gasteiger partial charge in [-0.25, -0.2) is 13.1 Å². The van der Waals surface area contributed by atoms with Gasteiger partial charge in [-0.2, -0.15) is 0 Å². The molecule has 0 aliphatic carbocycles. The lowest BCUT2D eigenvalue weighted by Gasteiger charge is -2.16. The van der Waals surface area contributed by atoms with Crippen molar-refractivity contribution >= 4 is 38.2 Å². The number of thiophene rings is 1. The van der Waals surface area contributed by atoms with Gasteiger partial charge in [0.25, 0.3) is 0 Å². The fourth-order valence-corrected chi connectivity index (χ4v) is 6.12. The number of carbonyl (C=O) groups excluding carboxylic acids is 1. The molecule has 2 heterocycles. The van der Waals surface area contributed by atoms with Crippen LogP contribution in [0.2, 0.25) is 0 Å². The summed E-state index contributed by atoms with van der Waals surface area (Å²) in [5, 5.41) is 6.15. The number of amides is 1. The molecule has 2 aromatic carbocycles. The Hall–Kier alpha value is -2.94. The van der Waals surface area contributed by atoms with Gasteiger partial charge in [-0.15, -0.1) is 11.3 Å². The van der Waals surface area contributed by atoms with Gasteiger partial charge >= 0.3 is 0 Å². The molecule has 0 saturated carbocycles. The first-order valence-electron chi connectivity index (χ1n) is 10.8. The number of nitrogens with one attached hydrogen (secondary N) is 3. The molecular formula is C25H27N3O3S2. The van der Waals surface area contributed by atoms with Crippen molar-refractivity contribution in [3.63, 3.8) is 0 Å². The number of rotatable bonds is 9. The lowest BCUT2D eigenvalue weighted by atomic mass is 9.96. The van der Waals surface area contributed by atoms with Crippen molar-refractivity contribution < 1.29 is 13.2 Å². The van der Waals surface area contributed by atoms with Crippen molar-refractivity contribution in [3.8, 4) is 0 Å². The largest absolute Gasteiger partial charge is 0.361 e. The van der Waals surface area contributed by atoms with Crippen LogP contribution in [0.25, 0.3) is 10.9 Å². The van der Waals surface area contributed by atoms with E-state index in [0.717, 1.165) is 26.9 Å². The van der Waals surface area contributed by atoms with Crippen LogP contribution in [0, 0.1) is 13.8 Å². The first kappa shape index (κ1) is 23.2. The van der Waals surface area contributed by atoms with Crippen molar-refractivity contribution in [1.82, 2.24) is 15.0 Å². The van der Waals surface area contributed by atoms with Gasteiger partial charge in [0.05, 0.1) is 4.90 Å². The van der Waals surface area contributed by atoms with Crippen molar-refractivity contribution in [2.45, 2.75) is 31.1 Å². The fourth-order valence-electron chi connectivity index (χ4n) is 3.91. The molecule has 0 bridgehead atoms. The Bertz CT molecular complexity index is 1360. The number of hydrogen-bond donors (Lipinski definition) is 3. The third-order valence-corrected chi connectivity index (χ3v) is 8.25. The van der Waals surface area contributed by atoms with E-state index in [-0.39, 0.29) is 29.7 Å². The third kappa shape index (κ3) is 5.35. The molecule has 1 amide bonds. The molecule has 0 aliphatic heterocycles. The maximum atomic E-state index is 12.6. The zero-order valence-corrected chi connectivity index (χ0v) is 20.2. The van der Waals surface area contributed by atoms with E-state index < -0.39 is 10.0 Å². The molecule has 1 unspecified atom stereocenters. The average molecular weight is 482 g/mol. The van der Waals surface area contributed by atoms with Gasteiger partial charge in [0.1, 0.15) is 0 Å². The highest BCUT2D eigenvalue weighted by molar-refractivity contribution is 7.89. The van der Waals surface area contributed by atoms with Gasteiger partial charge in [0.2, 0.25) is 15.9 Å². The van der Waals surface area contributed by atoms with Crippen molar-refractivity contribution in [3.05, 3.63) is 87.7 Å². The third-order valence-electron chi connectivity index (χ3n) is 5.66. The predicted octanol–water partition coefficient (Wildman–Crippen LogP) is 4.46. The van der Waals surface area contributed by atoms with Crippen LogP contribution in [0.5, 0.6) is 0 Å². The number of para-hydroxylation sites is 1. The summed E-state index contributed by atoms with van der Waals surface area (Å²) in [6, 6.07) is 17.5. The molecule has 2 aromatic heterocycles. The summed E-state index contributed by atoms with van der Waals surface area (Å²) in [6.07, 6.45) is 2.06. The van der Waals surface area contributed by atoms with Crippen molar-refractivity contribution in [2.24, 2.45) is 0 Å². The van der Waals surface area contributed by atoms with Crippen LogP contribution in [0.15, 0.2) is 71.1 Å². The first-order valence-corrected chi connectivity index (χ1v) is 13.1. The molecular weight excluding hydrogens is 454 g/mol. The topological polar surface area (TPSA) is 91.1 Å². The van der Waals surface area contributed by atoms with E-state index in [2.05, 4.69) is 27.2 Å². The number of hydrogen-bond acceptors (Lipinski definition) is 4. The van der Waals surface area contributed by atoms with E-state index in [4.69, 9.17) is 0 Å². The second-order valence-corrected chi connectivity index (χ2v) is 10.8. The van der Waals surface area contributed by atoms with Crippen LogP contribution in [0.1, 0.15) is 33.9 Å². The summed E-state index contributed by atoms with van der Waals surface area (Å²) in [7, 11) is -3.67. The highest BCUT2D eigenvalue weighted by Crippen LogP contribution is 2.32.